The maximum absolute atomic E-state index is 12.7. The number of H-pyrrole nitrogens is 1. The predicted molar refractivity (Wildman–Crippen MR) is 133 cm³/mol. The third-order valence-electron chi connectivity index (χ3n) is 4.99. The Kier molecular flexibility index (Phi) is 6.32. The number of benzene rings is 3. The molecule has 0 aliphatic rings. The number of hydrogen-bond donors (Lipinski definition) is 4. The third kappa shape index (κ3) is 4.99. The average molecular weight is 460 g/mol. The Morgan fingerprint density at radius 1 is 0.879 bits per heavy atom. The minimum absolute atomic E-state index is 0.192. The maximum atomic E-state index is 12.7. The van der Waals surface area contributed by atoms with Crippen LogP contribution in [-0.2, 0) is 6.54 Å². The number of para-hydroxylation sites is 1. The molecule has 0 radical (unpaired) electrons. The Balaban J connectivity index is 1.44. The van der Waals surface area contributed by atoms with Crippen LogP contribution in [-0.4, -0.2) is 21.5 Å². The Morgan fingerprint density at radius 3 is 2.12 bits per heavy atom. The molecular weight excluding hydrogens is 438 g/mol. The van der Waals surface area contributed by atoms with Crippen LogP contribution in [0.15, 0.2) is 77.6 Å². The lowest BCUT2D eigenvalue weighted by Crippen LogP contribution is -2.21. The molecule has 4 rings (SSSR count). The highest BCUT2D eigenvalue weighted by Gasteiger charge is 2.11. The van der Waals surface area contributed by atoms with Gasteiger partial charge >= 0.3 is 6.03 Å². The normalized spacial score (nSPS) is 10.6. The molecule has 0 aliphatic heterocycles. The van der Waals surface area contributed by atoms with Crippen molar-refractivity contribution < 1.29 is 9.59 Å². The van der Waals surface area contributed by atoms with Gasteiger partial charge in [0.25, 0.3) is 11.5 Å². The molecule has 3 amide bonds. The highest BCUT2D eigenvalue weighted by molar-refractivity contribution is 7.71. The summed E-state index contributed by atoms with van der Waals surface area (Å²) in [5, 5.41) is 8.74. The molecule has 8 nitrogen and oxygen atoms in total. The van der Waals surface area contributed by atoms with Crippen molar-refractivity contribution in [3.8, 4) is 0 Å². The van der Waals surface area contributed by atoms with Gasteiger partial charge in [-0.15, -0.1) is 0 Å². The number of rotatable bonds is 5. The zero-order chi connectivity index (χ0) is 23.4. The van der Waals surface area contributed by atoms with Crippen molar-refractivity contribution in [1.29, 1.82) is 0 Å². The molecule has 9 heteroatoms. The summed E-state index contributed by atoms with van der Waals surface area (Å²) >= 11 is 5.23. The summed E-state index contributed by atoms with van der Waals surface area (Å²) in [5.41, 5.74) is 2.51. The summed E-state index contributed by atoms with van der Waals surface area (Å²) in [6.07, 6.45) is 0. The van der Waals surface area contributed by atoms with E-state index in [1.165, 1.54) is 4.57 Å². The Morgan fingerprint density at radius 2 is 1.48 bits per heavy atom. The highest BCUT2D eigenvalue weighted by Crippen LogP contribution is 2.17. The predicted octanol–water partition coefficient (Wildman–Crippen LogP) is 4.98. The van der Waals surface area contributed by atoms with E-state index >= 15 is 0 Å². The topological polar surface area (TPSA) is 108 Å². The molecule has 0 spiro atoms. The zero-order valence-electron chi connectivity index (χ0n) is 17.7. The van der Waals surface area contributed by atoms with Crippen molar-refractivity contribution in [2.75, 3.05) is 16.0 Å². The highest BCUT2D eigenvalue weighted by atomic mass is 32.1. The smallest absolute Gasteiger partial charge is 0.323 e. The number of nitrogens with one attached hydrogen (secondary N) is 4. The van der Waals surface area contributed by atoms with Gasteiger partial charge in [0.2, 0.25) is 0 Å². The quantitative estimate of drug-likeness (QED) is 0.316. The van der Waals surface area contributed by atoms with Crippen LogP contribution < -0.4 is 21.5 Å². The summed E-state index contributed by atoms with van der Waals surface area (Å²) in [4.78, 5) is 40.3. The number of nitrogens with zero attached hydrogens (tertiary/aromatic N) is 1. The lowest BCUT2D eigenvalue weighted by atomic mass is 10.1. The summed E-state index contributed by atoms with van der Waals surface area (Å²) < 4.78 is 1.78. The molecule has 0 saturated heterocycles. The largest absolute Gasteiger partial charge is 0.332 e. The van der Waals surface area contributed by atoms with Gasteiger partial charge in [-0.3, -0.25) is 14.2 Å². The average Bonchev–Trinajstić information content (AvgIpc) is 2.81. The number of aromatic nitrogens is 2. The minimum Gasteiger partial charge on any atom is -0.332 e. The van der Waals surface area contributed by atoms with Crippen molar-refractivity contribution in [1.82, 2.24) is 9.55 Å². The molecule has 3 aromatic carbocycles. The van der Waals surface area contributed by atoms with Crippen molar-refractivity contribution in [3.63, 3.8) is 0 Å². The summed E-state index contributed by atoms with van der Waals surface area (Å²) in [5.74, 6) is -0.335. The van der Waals surface area contributed by atoms with Gasteiger partial charge in [0, 0.05) is 29.2 Å². The zero-order valence-corrected chi connectivity index (χ0v) is 18.5. The first-order valence-corrected chi connectivity index (χ1v) is 10.7. The van der Waals surface area contributed by atoms with Crippen LogP contribution in [0, 0.1) is 4.77 Å². The first-order valence-electron chi connectivity index (χ1n) is 10.3. The number of urea groups is 1. The van der Waals surface area contributed by atoms with Crippen molar-refractivity contribution >= 4 is 52.1 Å². The summed E-state index contributed by atoms with van der Waals surface area (Å²) in [6.45, 7) is 2.31. The van der Waals surface area contributed by atoms with Crippen LogP contribution in [0.3, 0.4) is 0 Å². The van der Waals surface area contributed by atoms with Crippen molar-refractivity contribution in [2.45, 2.75) is 13.5 Å². The number of fused-ring (bicyclic) bond motifs is 1. The molecule has 0 aliphatic carbocycles. The molecule has 4 N–H and O–H groups in total. The number of hydrogen-bond acceptors (Lipinski definition) is 4. The first-order chi connectivity index (χ1) is 15.9. The number of carbonyl (C=O) groups is 2. The molecule has 1 heterocycles. The summed E-state index contributed by atoms with van der Waals surface area (Å²) in [7, 11) is 0. The number of anilines is 3. The number of carbonyl (C=O) groups excluding carboxylic acids is 2. The van der Waals surface area contributed by atoms with E-state index in [0.29, 0.717) is 44.8 Å². The fourth-order valence-electron chi connectivity index (χ4n) is 3.34. The Hall–Kier alpha value is -4.24. The van der Waals surface area contributed by atoms with Gasteiger partial charge in [0.1, 0.15) is 0 Å². The number of aromatic amines is 1. The van der Waals surface area contributed by atoms with E-state index in [1.807, 2.05) is 25.1 Å². The molecule has 1 aromatic heterocycles. The van der Waals surface area contributed by atoms with Crippen LogP contribution in [0.5, 0.6) is 0 Å². The maximum Gasteiger partial charge on any atom is 0.323 e. The van der Waals surface area contributed by atoms with E-state index in [9.17, 15) is 14.4 Å². The lowest BCUT2D eigenvalue weighted by molar-refractivity contribution is 0.102. The van der Waals surface area contributed by atoms with Gasteiger partial charge in [-0.1, -0.05) is 18.2 Å². The van der Waals surface area contributed by atoms with E-state index in [0.717, 1.165) is 0 Å². The molecule has 0 unspecified atom stereocenters. The van der Waals surface area contributed by atoms with E-state index in [-0.39, 0.29) is 17.5 Å². The second-order valence-electron chi connectivity index (χ2n) is 7.22. The fraction of sp³-hybridized carbons (Fsp3) is 0.0833. The second kappa shape index (κ2) is 9.49. The van der Waals surface area contributed by atoms with E-state index in [2.05, 4.69) is 20.9 Å². The van der Waals surface area contributed by atoms with E-state index in [4.69, 9.17) is 12.2 Å². The molecule has 4 aromatic rings. The lowest BCUT2D eigenvalue weighted by Gasteiger charge is -2.10. The number of amides is 3. The fourth-order valence-corrected chi connectivity index (χ4v) is 3.66. The second-order valence-corrected chi connectivity index (χ2v) is 7.60. The van der Waals surface area contributed by atoms with Crippen LogP contribution in [0.1, 0.15) is 17.3 Å². The third-order valence-corrected chi connectivity index (χ3v) is 5.32. The van der Waals surface area contributed by atoms with Crippen molar-refractivity contribution in [3.05, 3.63) is 93.5 Å². The molecular formula is C24H21N5O3S. The standard InChI is InChI=1S/C24H21N5O3S/c1-2-29-22(31)19-13-8-15(14-20(19)28-24(29)33)21(30)25-17-9-11-18(12-10-17)27-23(32)26-16-6-4-3-5-7-16/h3-14H,2H2,1H3,(H,25,30)(H,28,33)(H2,26,27,32). The van der Waals surface area contributed by atoms with Gasteiger partial charge in [-0.05, 0) is 73.7 Å². The van der Waals surface area contributed by atoms with E-state index < -0.39 is 0 Å². The van der Waals surface area contributed by atoms with E-state index in [1.54, 1.807) is 54.6 Å². The van der Waals surface area contributed by atoms with Gasteiger partial charge in [-0.25, -0.2) is 4.79 Å². The molecule has 0 bridgehead atoms. The molecule has 33 heavy (non-hydrogen) atoms. The van der Waals surface area contributed by atoms with Gasteiger partial charge in [-0.2, -0.15) is 0 Å². The van der Waals surface area contributed by atoms with Crippen LogP contribution in [0.4, 0.5) is 21.9 Å². The van der Waals surface area contributed by atoms with Gasteiger partial charge in [0.05, 0.1) is 10.9 Å². The Bertz CT molecular complexity index is 1440. The summed E-state index contributed by atoms with van der Waals surface area (Å²) in [6, 6.07) is 20.3. The SMILES string of the molecule is CCn1c(=S)[nH]c2cc(C(=O)Nc3ccc(NC(=O)Nc4ccccc4)cc3)ccc2c1=O. The first kappa shape index (κ1) is 22.0. The van der Waals surface area contributed by atoms with Crippen LogP contribution in [0.2, 0.25) is 0 Å². The Labute approximate surface area is 194 Å². The van der Waals surface area contributed by atoms with Gasteiger partial charge in [0.15, 0.2) is 4.77 Å². The molecule has 166 valence electrons. The minimum atomic E-state index is -0.367. The van der Waals surface area contributed by atoms with Crippen molar-refractivity contribution in [2.24, 2.45) is 0 Å². The van der Waals surface area contributed by atoms with Crippen LogP contribution in [0.25, 0.3) is 10.9 Å². The monoisotopic (exact) mass is 459 g/mol. The molecule has 0 saturated carbocycles. The molecule has 0 atom stereocenters. The van der Waals surface area contributed by atoms with Gasteiger partial charge < -0.3 is 20.9 Å². The van der Waals surface area contributed by atoms with Crippen LogP contribution >= 0.6 is 12.2 Å². The molecule has 0 fully saturated rings.